The molecule has 1 heterocycles. The molecule has 0 fully saturated rings. The van der Waals surface area contributed by atoms with Gasteiger partial charge in [0.05, 0.1) is 11.6 Å². The number of nitrogens with one attached hydrogen (secondary N) is 1. The summed E-state index contributed by atoms with van der Waals surface area (Å²) < 4.78 is 0. The number of imidazole rings is 1. The Balaban J connectivity index is 0.00000240. The number of nitrogens with zero attached hydrogens (tertiary/aromatic N) is 2. The quantitative estimate of drug-likeness (QED) is 0.457. The maximum Gasteiger partial charge on any atom is 0.110 e. The molecule has 0 saturated heterocycles. The van der Waals surface area contributed by atoms with Gasteiger partial charge in [-0.3, -0.25) is 0 Å². The molecule has 1 N–H and O–H groups in total. The number of rotatable bonds is 5. The monoisotopic (exact) mass is 399 g/mol. The smallest absolute Gasteiger partial charge is 0.110 e. The molecule has 0 bridgehead atoms. The highest BCUT2D eigenvalue weighted by molar-refractivity contribution is 5.85. The van der Waals surface area contributed by atoms with E-state index < -0.39 is 0 Å². The third kappa shape index (κ3) is 4.93. The molecule has 0 aliphatic carbocycles. The van der Waals surface area contributed by atoms with Crippen LogP contribution in [0.25, 0.3) is 11.1 Å². The van der Waals surface area contributed by atoms with Crippen molar-refractivity contribution in [3.8, 4) is 17.2 Å². The predicted molar refractivity (Wildman–Crippen MR) is 119 cm³/mol. The van der Waals surface area contributed by atoms with E-state index in [1.54, 1.807) is 0 Å². The van der Waals surface area contributed by atoms with E-state index in [0.717, 1.165) is 29.9 Å². The average Bonchev–Trinajstić information content (AvgIpc) is 3.16. The van der Waals surface area contributed by atoms with Gasteiger partial charge >= 0.3 is 0 Å². The third-order valence-corrected chi connectivity index (χ3v) is 4.94. The van der Waals surface area contributed by atoms with E-state index in [0.29, 0.717) is 5.56 Å². The van der Waals surface area contributed by atoms with Gasteiger partial charge in [-0.15, -0.1) is 12.4 Å². The van der Waals surface area contributed by atoms with Crippen LogP contribution in [0.1, 0.15) is 33.8 Å². The number of hydrogen-bond donors (Lipinski definition) is 1. The molecule has 0 spiro atoms. The molecular weight excluding hydrogens is 378 g/mol. The number of nitriles is 1. The minimum absolute atomic E-state index is 0. The summed E-state index contributed by atoms with van der Waals surface area (Å²) in [5, 5.41) is 8.89. The van der Waals surface area contributed by atoms with Gasteiger partial charge in [0, 0.05) is 24.7 Å². The summed E-state index contributed by atoms with van der Waals surface area (Å²) in [6, 6.07) is 27.0. The first-order chi connectivity index (χ1) is 13.7. The first-order valence-electron chi connectivity index (χ1n) is 9.38. The van der Waals surface area contributed by atoms with E-state index in [-0.39, 0.29) is 12.4 Å². The van der Waals surface area contributed by atoms with Crippen molar-refractivity contribution in [3.05, 3.63) is 113 Å². The van der Waals surface area contributed by atoms with E-state index in [1.807, 2.05) is 30.5 Å². The Morgan fingerprint density at radius 3 is 2.21 bits per heavy atom. The Morgan fingerprint density at radius 1 is 0.862 bits per heavy atom. The van der Waals surface area contributed by atoms with Gasteiger partial charge in [0.2, 0.25) is 0 Å². The zero-order valence-electron chi connectivity index (χ0n) is 16.2. The molecule has 0 aliphatic heterocycles. The molecule has 3 nitrogen and oxygen atoms in total. The van der Waals surface area contributed by atoms with Crippen molar-refractivity contribution in [1.82, 2.24) is 9.97 Å². The molecule has 4 heteroatoms. The molecule has 1 aromatic heterocycles. The fourth-order valence-electron chi connectivity index (χ4n) is 3.39. The summed E-state index contributed by atoms with van der Waals surface area (Å²) in [6.45, 7) is 2.14. The third-order valence-electron chi connectivity index (χ3n) is 4.94. The Bertz CT molecular complexity index is 1120. The highest BCUT2D eigenvalue weighted by Gasteiger charge is 2.05. The molecule has 3 aromatic carbocycles. The lowest BCUT2D eigenvalue weighted by atomic mass is 9.99. The van der Waals surface area contributed by atoms with Crippen LogP contribution in [-0.2, 0) is 12.8 Å². The lowest BCUT2D eigenvalue weighted by Gasteiger charge is -2.07. The number of halogens is 1. The molecule has 0 aliphatic rings. The SMILES string of the molecule is Cc1ccccc1-c1ccc(Cc2ncc(Cc3ccc(C#N)cc3)[nH]2)cc1.Cl. The van der Waals surface area contributed by atoms with Crippen molar-refractivity contribution >= 4 is 12.4 Å². The number of benzene rings is 3. The largest absolute Gasteiger partial charge is 0.345 e. The van der Waals surface area contributed by atoms with Crippen LogP contribution in [0, 0.1) is 18.3 Å². The number of aryl methyl sites for hydroxylation is 1. The van der Waals surface area contributed by atoms with E-state index in [1.165, 1.54) is 22.3 Å². The van der Waals surface area contributed by atoms with Crippen LogP contribution in [-0.4, -0.2) is 9.97 Å². The predicted octanol–water partition coefficient (Wildman–Crippen LogP) is 5.86. The van der Waals surface area contributed by atoms with E-state index in [2.05, 4.69) is 71.5 Å². The lowest BCUT2D eigenvalue weighted by Crippen LogP contribution is -1.93. The lowest BCUT2D eigenvalue weighted by molar-refractivity contribution is 1.000. The molecule has 0 amide bonds. The number of aromatic amines is 1. The van der Waals surface area contributed by atoms with Gasteiger partial charge in [0.15, 0.2) is 0 Å². The van der Waals surface area contributed by atoms with Gasteiger partial charge in [-0.2, -0.15) is 5.26 Å². The van der Waals surface area contributed by atoms with Crippen molar-refractivity contribution in [2.24, 2.45) is 0 Å². The second kappa shape index (κ2) is 9.23. The molecule has 0 radical (unpaired) electrons. The Morgan fingerprint density at radius 2 is 1.52 bits per heavy atom. The van der Waals surface area contributed by atoms with Crippen molar-refractivity contribution < 1.29 is 0 Å². The molecule has 4 aromatic rings. The topological polar surface area (TPSA) is 52.5 Å². The van der Waals surface area contributed by atoms with Crippen molar-refractivity contribution in [3.63, 3.8) is 0 Å². The summed E-state index contributed by atoms with van der Waals surface area (Å²) in [5.41, 5.74) is 7.96. The molecule has 0 saturated carbocycles. The first-order valence-corrected chi connectivity index (χ1v) is 9.38. The van der Waals surface area contributed by atoms with Gasteiger partial charge in [0.25, 0.3) is 0 Å². The second-order valence-electron chi connectivity index (χ2n) is 7.03. The highest BCUT2D eigenvalue weighted by Crippen LogP contribution is 2.23. The van der Waals surface area contributed by atoms with Crippen LogP contribution in [0.15, 0.2) is 79.0 Å². The van der Waals surface area contributed by atoms with Gasteiger partial charge in [-0.05, 0) is 46.9 Å². The number of hydrogen-bond acceptors (Lipinski definition) is 2. The Hall–Kier alpha value is -3.35. The molecular formula is C25H22ClN3. The van der Waals surface area contributed by atoms with Crippen LogP contribution in [0.5, 0.6) is 0 Å². The van der Waals surface area contributed by atoms with E-state index >= 15 is 0 Å². The summed E-state index contributed by atoms with van der Waals surface area (Å²) in [6.07, 6.45) is 3.46. The van der Waals surface area contributed by atoms with Crippen LogP contribution in [0.2, 0.25) is 0 Å². The van der Waals surface area contributed by atoms with Crippen LogP contribution < -0.4 is 0 Å². The molecule has 29 heavy (non-hydrogen) atoms. The van der Waals surface area contributed by atoms with Crippen LogP contribution in [0.3, 0.4) is 0 Å². The molecule has 4 rings (SSSR count). The minimum atomic E-state index is 0. The fraction of sp³-hybridized carbons (Fsp3) is 0.120. The number of aromatic nitrogens is 2. The Kier molecular flexibility index (Phi) is 6.49. The van der Waals surface area contributed by atoms with Gasteiger partial charge in [0.1, 0.15) is 5.82 Å². The molecule has 0 atom stereocenters. The second-order valence-corrected chi connectivity index (χ2v) is 7.03. The van der Waals surface area contributed by atoms with Crippen molar-refractivity contribution in [1.29, 1.82) is 5.26 Å². The highest BCUT2D eigenvalue weighted by atomic mass is 35.5. The van der Waals surface area contributed by atoms with Crippen LogP contribution in [0.4, 0.5) is 0 Å². The first kappa shape index (κ1) is 20.4. The van der Waals surface area contributed by atoms with Crippen LogP contribution >= 0.6 is 12.4 Å². The minimum Gasteiger partial charge on any atom is -0.345 e. The molecule has 0 unspecified atom stereocenters. The van der Waals surface area contributed by atoms with Gasteiger partial charge < -0.3 is 4.98 Å². The normalized spacial score (nSPS) is 10.2. The van der Waals surface area contributed by atoms with E-state index in [4.69, 9.17) is 5.26 Å². The summed E-state index contributed by atoms with van der Waals surface area (Å²) >= 11 is 0. The van der Waals surface area contributed by atoms with Crippen molar-refractivity contribution in [2.75, 3.05) is 0 Å². The summed E-state index contributed by atoms with van der Waals surface area (Å²) in [4.78, 5) is 7.95. The van der Waals surface area contributed by atoms with Gasteiger partial charge in [-0.1, -0.05) is 60.7 Å². The maximum atomic E-state index is 8.89. The standard InChI is InChI=1S/C25H21N3.ClH/c1-18-4-2-3-5-24(18)22-12-10-20(11-13-22)15-25-27-17-23(28-25)14-19-6-8-21(16-26)9-7-19;/h2-13,17H,14-15H2,1H3,(H,27,28);1H. The Labute approximate surface area is 177 Å². The fourth-order valence-corrected chi connectivity index (χ4v) is 3.39. The molecule has 144 valence electrons. The summed E-state index contributed by atoms with van der Waals surface area (Å²) in [7, 11) is 0. The van der Waals surface area contributed by atoms with Crippen molar-refractivity contribution in [2.45, 2.75) is 19.8 Å². The maximum absolute atomic E-state index is 8.89. The van der Waals surface area contributed by atoms with Gasteiger partial charge in [-0.25, -0.2) is 4.98 Å². The average molecular weight is 400 g/mol. The zero-order valence-corrected chi connectivity index (χ0v) is 17.0. The summed E-state index contributed by atoms with van der Waals surface area (Å²) in [5.74, 6) is 0.965. The number of H-pyrrole nitrogens is 1. The van der Waals surface area contributed by atoms with E-state index in [9.17, 15) is 0 Å². The zero-order chi connectivity index (χ0) is 19.3.